The zero-order valence-electron chi connectivity index (χ0n) is 9.15. The summed E-state index contributed by atoms with van der Waals surface area (Å²) in [5.41, 5.74) is 0. The van der Waals surface area contributed by atoms with Crippen molar-refractivity contribution >= 4 is 40.9 Å². The Morgan fingerprint density at radius 1 is 1.47 bits per heavy atom. The molecule has 0 aliphatic carbocycles. The van der Waals surface area contributed by atoms with Crippen LogP contribution in [0.2, 0.25) is 10.0 Å². The lowest BCUT2D eigenvalue weighted by Gasteiger charge is -2.09. The molecule has 0 spiro atoms. The van der Waals surface area contributed by atoms with Gasteiger partial charge in [0, 0.05) is 10.6 Å². The van der Waals surface area contributed by atoms with Crippen LogP contribution >= 0.6 is 35.0 Å². The maximum Gasteiger partial charge on any atom is 0.308 e. The molecule has 17 heavy (non-hydrogen) atoms. The second kappa shape index (κ2) is 7.11. The summed E-state index contributed by atoms with van der Waals surface area (Å²) in [6, 6.07) is 5.22. The quantitative estimate of drug-likeness (QED) is 0.670. The largest absolute Gasteiger partial charge is 0.469 e. The number of hydrogen-bond acceptors (Lipinski definition) is 4. The monoisotopic (exact) mass is 294 g/mol. The molecule has 1 aromatic carbocycles. The fourth-order valence-corrected chi connectivity index (χ4v) is 2.32. The molecule has 0 aliphatic heterocycles. The number of carbonyl (C=O) groups excluding carboxylic acids is 1. The lowest BCUT2D eigenvalue weighted by Crippen LogP contribution is -2.16. The van der Waals surface area contributed by atoms with Crippen molar-refractivity contribution in [2.45, 2.75) is 17.4 Å². The molecule has 0 aromatic heterocycles. The third kappa shape index (κ3) is 5.17. The van der Waals surface area contributed by atoms with Crippen molar-refractivity contribution in [3.63, 3.8) is 0 Å². The van der Waals surface area contributed by atoms with Gasteiger partial charge in [-0.1, -0.05) is 23.2 Å². The fourth-order valence-electron chi connectivity index (χ4n) is 1.09. The Kier molecular flexibility index (Phi) is 6.12. The van der Waals surface area contributed by atoms with Gasteiger partial charge in [0.05, 0.1) is 29.7 Å². The number of halogens is 2. The summed E-state index contributed by atoms with van der Waals surface area (Å²) in [6.07, 6.45) is -0.743. The zero-order chi connectivity index (χ0) is 12.8. The smallest absolute Gasteiger partial charge is 0.308 e. The molecule has 1 aromatic rings. The molecule has 0 radical (unpaired) electrons. The van der Waals surface area contributed by atoms with Crippen molar-refractivity contribution in [1.29, 1.82) is 0 Å². The van der Waals surface area contributed by atoms with Gasteiger partial charge in [0.15, 0.2) is 0 Å². The Bertz CT molecular complexity index is 398. The van der Waals surface area contributed by atoms with Gasteiger partial charge in [-0.05, 0) is 18.2 Å². The minimum absolute atomic E-state index is 0.00911. The van der Waals surface area contributed by atoms with Crippen molar-refractivity contribution in [1.82, 2.24) is 0 Å². The Morgan fingerprint density at radius 3 is 2.76 bits per heavy atom. The maximum atomic E-state index is 10.9. The van der Waals surface area contributed by atoms with Crippen LogP contribution in [0, 0.1) is 0 Å². The van der Waals surface area contributed by atoms with Gasteiger partial charge in [-0.2, -0.15) is 0 Å². The van der Waals surface area contributed by atoms with Crippen molar-refractivity contribution in [3.8, 4) is 0 Å². The number of benzene rings is 1. The Morgan fingerprint density at radius 2 is 2.18 bits per heavy atom. The highest BCUT2D eigenvalue weighted by molar-refractivity contribution is 7.99. The first-order valence-electron chi connectivity index (χ1n) is 4.85. The van der Waals surface area contributed by atoms with Gasteiger partial charge in [0.2, 0.25) is 0 Å². The summed E-state index contributed by atoms with van der Waals surface area (Å²) >= 11 is 13.0. The van der Waals surface area contributed by atoms with E-state index in [2.05, 4.69) is 4.74 Å². The molecule has 1 N–H and O–H groups in total. The standard InChI is InChI=1S/C11H12Cl2O3S/c1-16-11(15)4-7(14)6-17-8-2-3-9(12)10(13)5-8/h2-3,5,7,14H,4,6H2,1H3/t7-/m1/s1. The number of ether oxygens (including phenoxy) is 1. The Balaban J connectivity index is 2.44. The minimum Gasteiger partial charge on any atom is -0.469 e. The van der Waals surface area contributed by atoms with Crippen LogP contribution < -0.4 is 0 Å². The molecular formula is C11H12Cl2O3S. The molecule has 0 fully saturated rings. The fraction of sp³-hybridized carbons (Fsp3) is 0.364. The summed E-state index contributed by atoms with van der Waals surface area (Å²) in [6.45, 7) is 0. The first-order valence-corrected chi connectivity index (χ1v) is 6.60. The molecule has 1 atom stereocenters. The SMILES string of the molecule is COC(=O)C[C@@H](O)CSc1ccc(Cl)c(Cl)c1. The number of aliphatic hydroxyl groups excluding tert-OH is 1. The van der Waals surface area contributed by atoms with E-state index in [1.165, 1.54) is 18.9 Å². The van der Waals surface area contributed by atoms with Crippen molar-refractivity contribution in [2.24, 2.45) is 0 Å². The molecule has 0 aliphatic rings. The summed E-state index contributed by atoms with van der Waals surface area (Å²) in [5.74, 6) is -0.0280. The lowest BCUT2D eigenvalue weighted by molar-refractivity contribution is -0.142. The molecule has 6 heteroatoms. The summed E-state index contributed by atoms with van der Waals surface area (Å²) in [4.78, 5) is 11.8. The molecule has 1 rings (SSSR count). The van der Waals surface area contributed by atoms with E-state index in [-0.39, 0.29) is 6.42 Å². The minimum atomic E-state index is -0.734. The predicted octanol–water partition coefficient (Wildman–Crippen LogP) is 3.01. The predicted molar refractivity (Wildman–Crippen MR) is 69.8 cm³/mol. The molecule has 0 saturated heterocycles. The summed E-state index contributed by atoms with van der Waals surface area (Å²) < 4.78 is 4.46. The van der Waals surface area contributed by atoms with Crippen LogP contribution in [0.5, 0.6) is 0 Å². The Labute approximate surface area is 114 Å². The highest BCUT2D eigenvalue weighted by atomic mass is 35.5. The van der Waals surface area contributed by atoms with E-state index in [1.54, 1.807) is 12.1 Å². The molecule has 0 amide bonds. The number of carbonyl (C=O) groups is 1. The molecule has 0 saturated carbocycles. The molecule has 94 valence electrons. The van der Waals surface area contributed by atoms with E-state index in [0.29, 0.717) is 15.8 Å². The molecule has 0 heterocycles. The Hall–Kier alpha value is -0.420. The van der Waals surface area contributed by atoms with E-state index in [1.807, 2.05) is 6.07 Å². The second-order valence-corrected chi connectivity index (χ2v) is 5.23. The first kappa shape index (κ1) is 14.6. The maximum absolute atomic E-state index is 10.9. The van der Waals surface area contributed by atoms with E-state index >= 15 is 0 Å². The van der Waals surface area contributed by atoms with Gasteiger partial charge in [-0.3, -0.25) is 4.79 Å². The van der Waals surface area contributed by atoms with Crippen molar-refractivity contribution in [2.75, 3.05) is 12.9 Å². The van der Waals surface area contributed by atoms with Crippen LogP contribution in [0.15, 0.2) is 23.1 Å². The zero-order valence-corrected chi connectivity index (χ0v) is 11.5. The second-order valence-electron chi connectivity index (χ2n) is 3.32. The molecule has 3 nitrogen and oxygen atoms in total. The van der Waals surface area contributed by atoms with Gasteiger partial charge in [-0.15, -0.1) is 11.8 Å². The summed E-state index contributed by atoms with van der Waals surface area (Å²) in [7, 11) is 1.29. The third-order valence-corrected chi connectivity index (χ3v) is 3.84. The van der Waals surface area contributed by atoms with Crippen LogP contribution in [0.4, 0.5) is 0 Å². The van der Waals surface area contributed by atoms with Crippen LogP contribution in [-0.4, -0.2) is 30.0 Å². The highest BCUT2D eigenvalue weighted by Gasteiger charge is 2.11. The van der Waals surface area contributed by atoms with Crippen LogP contribution in [0.3, 0.4) is 0 Å². The number of rotatable bonds is 5. The third-order valence-electron chi connectivity index (χ3n) is 1.96. The van der Waals surface area contributed by atoms with Crippen molar-refractivity contribution < 1.29 is 14.6 Å². The van der Waals surface area contributed by atoms with Crippen molar-refractivity contribution in [3.05, 3.63) is 28.2 Å². The van der Waals surface area contributed by atoms with Crippen LogP contribution in [0.25, 0.3) is 0 Å². The van der Waals surface area contributed by atoms with E-state index in [0.717, 1.165) is 4.90 Å². The van der Waals surface area contributed by atoms with Gasteiger partial charge >= 0.3 is 5.97 Å². The molecule has 0 bridgehead atoms. The van der Waals surface area contributed by atoms with Crippen LogP contribution in [0.1, 0.15) is 6.42 Å². The summed E-state index contributed by atoms with van der Waals surface area (Å²) in [5, 5.41) is 10.5. The number of esters is 1. The van der Waals surface area contributed by atoms with Gasteiger partial charge in [0.1, 0.15) is 0 Å². The highest BCUT2D eigenvalue weighted by Crippen LogP contribution is 2.28. The average molecular weight is 295 g/mol. The van der Waals surface area contributed by atoms with E-state index in [4.69, 9.17) is 23.2 Å². The topological polar surface area (TPSA) is 46.5 Å². The molecule has 0 unspecified atom stereocenters. The van der Waals surface area contributed by atoms with E-state index in [9.17, 15) is 9.90 Å². The van der Waals surface area contributed by atoms with Gasteiger partial charge in [-0.25, -0.2) is 0 Å². The normalized spacial score (nSPS) is 12.2. The van der Waals surface area contributed by atoms with Gasteiger partial charge < -0.3 is 9.84 Å². The number of methoxy groups -OCH3 is 1. The first-order chi connectivity index (χ1) is 8.02. The number of hydrogen-bond donors (Lipinski definition) is 1. The lowest BCUT2D eigenvalue weighted by atomic mass is 10.3. The van der Waals surface area contributed by atoms with Gasteiger partial charge in [0.25, 0.3) is 0 Å². The average Bonchev–Trinajstić information content (AvgIpc) is 2.30. The number of aliphatic hydroxyl groups is 1. The van der Waals surface area contributed by atoms with E-state index < -0.39 is 12.1 Å². The molecular weight excluding hydrogens is 283 g/mol. The number of thioether (sulfide) groups is 1. The van der Waals surface area contributed by atoms with Crippen LogP contribution in [-0.2, 0) is 9.53 Å².